The van der Waals surface area contributed by atoms with E-state index in [0.29, 0.717) is 0 Å². The first-order valence-corrected chi connectivity index (χ1v) is 20.3. The molecule has 4 heteroatoms. The van der Waals surface area contributed by atoms with Crippen molar-refractivity contribution in [2.45, 2.75) is 115 Å². The molecule has 2 unspecified atom stereocenters. The van der Waals surface area contributed by atoms with Gasteiger partial charge in [0.25, 0.3) is 0 Å². The Morgan fingerprint density at radius 3 is 1.79 bits per heavy atom. The van der Waals surface area contributed by atoms with Crippen molar-refractivity contribution in [1.82, 2.24) is 0 Å². The Kier molecular flexibility index (Phi) is 10.3. The summed E-state index contributed by atoms with van der Waals surface area (Å²) in [5, 5.41) is 23.7. The highest BCUT2D eigenvalue weighted by Crippen LogP contribution is 2.48. The summed E-state index contributed by atoms with van der Waals surface area (Å²) in [4.78, 5) is 0. The average molecular weight is 549 g/mol. The van der Waals surface area contributed by atoms with E-state index >= 15 is 0 Å². The highest BCUT2D eigenvalue weighted by atomic mass is 28.3. The summed E-state index contributed by atoms with van der Waals surface area (Å²) in [5.74, 6) is 2.67. The van der Waals surface area contributed by atoms with Crippen LogP contribution in [0.5, 0.6) is 0 Å². The number of hydrogen-bond acceptors (Lipinski definition) is 2. The lowest BCUT2D eigenvalue weighted by atomic mass is 9.96. The molecule has 0 aromatic heterocycles. The molecule has 38 heavy (non-hydrogen) atoms. The van der Waals surface area contributed by atoms with Crippen LogP contribution in [0.2, 0.25) is 36.3 Å². The smallest absolute Gasteiger partial charge is 0.0922 e. The molecular weight excluding hydrogens is 497 g/mol. The van der Waals surface area contributed by atoms with Crippen LogP contribution >= 0.6 is 0 Å². The van der Waals surface area contributed by atoms with Crippen LogP contribution in [-0.4, -0.2) is 26.4 Å². The third kappa shape index (κ3) is 6.99. The summed E-state index contributed by atoms with van der Waals surface area (Å²) in [6, 6.07) is 15.1. The van der Waals surface area contributed by atoms with Crippen molar-refractivity contribution in [1.29, 1.82) is 0 Å². The molecule has 0 heterocycles. The molecular formula is C34H52O2Si2. The largest absolute Gasteiger partial charge is 0.392 e. The van der Waals surface area contributed by atoms with Crippen molar-refractivity contribution in [3.8, 4) is 12.3 Å². The van der Waals surface area contributed by atoms with Crippen LogP contribution in [0.1, 0.15) is 94.2 Å². The van der Waals surface area contributed by atoms with Crippen molar-refractivity contribution in [3.05, 3.63) is 76.4 Å². The van der Waals surface area contributed by atoms with Gasteiger partial charge in [-0.2, -0.15) is 0 Å². The Labute approximate surface area is 235 Å². The zero-order valence-electron chi connectivity index (χ0n) is 25.9. The van der Waals surface area contributed by atoms with Crippen LogP contribution in [0.25, 0.3) is 5.57 Å². The predicted molar refractivity (Wildman–Crippen MR) is 172 cm³/mol. The Morgan fingerprint density at radius 2 is 1.32 bits per heavy atom. The summed E-state index contributed by atoms with van der Waals surface area (Å²) < 4.78 is 0. The van der Waals surface area contributed by atoms with Gasteiger partial charge in [-0.1, -0.05) is 123 Å². The Balaban J connectivity index is 2.51. The Bertz CT molecular complexity index is 1170. The SMILES string of the molecule is C#C/C=C(/CC)c1cccc(CCc2ccc(C(O)[Si](C)(C)C(C)(C)C)c(C(O)[Si](C)(C)C(C)(C)C)c2)c1. The molecule has 2 aromatic carbocycles. The third-order valence-electron chi connectivity index (χ3n) is 9.61. The number of aliphatic hydroxyl groups excluding tert-OH is 2. The van der Waals surface area contributed by atoms with Gasteiger partial charge in [0.15, 0.2) is 0 Å². The number of aliphatic hydroxyl groups is 2. The van der Waals surface area contributed by atoms with Gasteiger partial charge < -0.3 is 10.2 Å². The first kappa shape index (κ1) is 32.3. The third-order valence-corrected chi connectivity index (χ3v) is 20.7. The molecule has 2 rings (SSSR count). The Morgan fingerprint density at radius 1 is 0.816 bits per heavy atom. The van der Waals surface area contributed by atoms with Gasteiger partial charge in [0.1, 0.15) is 0 Å². The summed E-state index contributed by atoms with van der Waals surface area (Å²) in [5.41, 5.74) is 5.60. The average Bonchev–Trinajstić information content (AvgIpc) is 2.83. The van der Waals surface area contributed by atoms with E-state index in [1.807, 2.05) is 6.08 Å². The van der Waals surface area contributed by atoms with Gasteiger partial charge in [0.05, 0.1) is 27.6 Å². The van der Waals surface area contributed by atoms with E-state index in [1.165, 1.54) is 22.3 Å². The van der Waals surface area contributed by atoms with E-state index in [0.717, 1.165) is 30.4 Å². The lowest BCUT2D eigenvalue weighted by Crippen LogP contribution is -2.47. The fourth-order valence-electron chi connectivity index (χ4n) is 4.57. The molecule has 0 radical (unpaired) electrons. The van der Waals surface area contributed by atoms with Crippen LogP contribution in [0.15, 0.2) is 48.5 Å². The zero-order chi connectivity index (χ0) is 29.1. The number of hydrogen-bond donors (Lipinski definition) is 2. The second-order valence-corrected chi connectivity index (χ2v) is 25.1. The summed E-state index contributed by atoms with van der Waals surface area (Å²) in [7, 11) is -4.24. The van der Waals surface area contributed by atoms with E-state index in [9.17, 15) is 10.2 Å². The predicted octanol–water partition coefficient (Wildman–Crippen LogP) is 9.06. The monoisotopic (exact) mass is 548 g/mol. The number of terminal acetylenes is 1. The molecule has 0 spiro atoms. The maximum atomic E-state index is 11.9. The fourth-order valence-corrected chi connectivity index (χ4v) is 8.28. The normalized spacial score (nSPS) is 15.2. The van der Waals surface area contributed by atoms with Gasteiger partial charge in [-0.15, -0.1) is 6.42 Å². The molecule has 0 saturated heterocycles. The first-order valence-electron chi connectivity index (χ1n) is 14.1. The number of benzene rings is 2. The highest BCUT2D eigenvalue weighted by Gasteiger charge is 2.46. The standard InChI is InChI=1S/C34H52O2Si2/c1-13-16-27(14-2)28-18-15-17-25(23-28)19-20-26-21-22-29(31(35)37(9,10)33(3,4)5)30(24-26)32(36)38(11,12)34(6,7)8/h1,15-18,21-24,31-32,35-36H,14,19-20H2,2-12H3/b27-16-. The highest BCUT2D eigenvalue weighted by molar-refractivity contribution is 6.82. The molecule has 0 fully saturated rings. The minimum absolute atomic E-state index is 0.0188. The topological polar surface area (TPSA) is 40.5 Å². The van der Waals surface area contributed by atoms with Crippen LogP contribution in [0.4, 0.5) is 0 Å². The van der Waals surface area contributed by atoms with Gasteiger partial charge in [-0.05, 0) is 68.8 Å². The molecule has 0 saturated carbocycles. The molecule has 0 aliphatic rings. The first-order chi connectivity index (χ1) is 17.4. The number of rotatable bonds is 9. The summed E-state index contributed by atoms with van der Waals surface area (Å²) >= 11 is 0. The van der Waals surface area contributed by atoms with Gasteiger partial charge in [-0.3, -0.25) is 0 Å². The molecule has 0 aliphatic heterocycles. The second kappa shape index (κ2) is 12.1. The van der Waals surface area contributed by atoms with Crippen molar-refractivity contribution < 1.29 is 10.2 Å². The van der Waals surface area contributed by atoms with Crippen LogP contribution in [0.3, 0.4) is 0 Å². The minimum Gasteiger partial charge on any atom is -0.392 e. The van der Waals surface area contributed by atoms with Gasteiger partial charge in [0, 0.05) is 0 Å². The lowest BCUT2D eigenvalue weighted by molar-refractivity contribution is 0.220. The molecule has 208 valence electrons. The molecule has 2 N–H and O–H groups in total. The Hall–Kier alpha value is -1.91. The zero-order valence-corrected chi connectivity index (χ0v) is 27.9. The van der Waals surface area contributed by atoms with Gasteiger partial charge in [-0.25, -0.2) is 0 Å². The van der Waals surface area contributed by atoms with E-state index in [-0.39, 0.29) is 10.1 Å². The van der Waals surface area contributed by atoms with Gasteiger partial charge in [0.2, 0.25) is 0 Å². The number of allylic oxidation sites excluding steroid dienone is 2. The summed E-state index contributed by atoms with van der Waals surface area (Å²) in [6.07, 6.45) is 10.1. The maximum absolute atomic E-state index is 11.9. The second-order valence-electron chi connectivity index (χ2n) is 14.1. The van der Waals surface area contributed by atoms with Crippen LogP contribution in [-0.2, 0) is 12.8 Å². The van der Waals surface area contributed by atoms with Crippen molar-refractivity contribution in [3.63, 3.8) is 0 Å². The molecule has 2 atom stereocenters. The summed E-state index contributed by atoms with van der Waals surface area (Å²) in [6.45, 7) is 24.6. The van der Waals surface area contributed by atoms with E-state index in [4.69, 9.17) is 6.42 Å². The molecule has 0 aliphatic carbocycles. The van der Waals surface area contributed by atoms with E-state index in [1.54, 1.807) is 0 Å². The van der Waals surface area contributed by atoms with E-state index < -0.39 is 27.6 Å². The van der Waals surface area contributed by atoms with E-state index in [2.05, 4.69) is 123 Å². The van der Waals surface area contributed by atoms with Crippen LogP contribution < -0.4 is 0 Å². The number of aryl methyl sites for hydroxylation is 2. The molecule has 0 bridgehead atoms. The van der Waals surface area contributed by atoms with Gasteiger partial charge >= 0.3 is 0 Å². The maximum Gasteiger partial charge on any atom is 0.0922 e. The van der Waals surface area contributed by atoms with Crippen molar-refractivity contribution >= 4 is 21.7 Å². The minimum atomic E-state index is -2.14. The molecule has 2 nitrogen and oxygen atoms in total. The molecule has 2 aromatic rings. The van der Waals surface area contributed by atoms with Crippen LogP contribution in [0, 0.1) is 12.3 Å². The van der Waals surface area contributed by atoms with Crippen molar-refractivity contribution in [2.75, 3.05) is 0 Å². The fraction of sp³-hybridized carbons (Fsp3) is 0.529. The van der Waals surface area contributed by atoms with Crippen molar-refractivity contribution in [2.24, 2.45) is 0 Å². The molecule has 0 amide bonds. The quantitative estimate of drug-likeness (QED) is 0.242. The lowest BCUT2D eigenvalue weighted by Gasteiger charge is -2.44.